The van der Waals surface area contributed by atoms with Crippen LogP contribution in [-0.4, -0.2) is 188 Å². The van der Waals surface area contributed by atoms with Crippen LogP contribution in [0.4, 0.5) is 0 Å². The second-order valence-electron chi connectivity index (χ2n) is 16.9. The third-order valence-electron chi connectivity index (χ3n) is 11.1. The summed E-state index contributed by atoms with van der Waals surface area (Å²) in [6.07, 6.45) is 12.8. The van der Waals surface area contributed by atoms with Crippen molar-refractivity contribution in [1.29, 1.82) is 0 Å². The fourth-order valence-electron chi connectivity index (χ4n) is 7.08. The number of carbonyl (C=O) groups is 8. The number of methoxy groups -OCH3 is 1. The van der Waals surface area contributed by atoms with Crippen LogP contribution < -0.4 is 14.2 Å². The van der Waals surface area contributed by atoms with Crippen molar-refractivity contribution >= 4 is 47.5 Å². The number of carboxylic acid groups (broad SMARTS) is 4. The number of benzene rings is 2. The number of unbranched alkanes of at least 4 members (excludes halogenated alkanes) is 8. The second-order valence-corrected chi connectivity index (χ2v) is 16.9. The number of amides is 4. The molecule has 0 saturated heterocycles. The standard InChI is InChI=1S/C27H38N2O9.C26H36N2O8/c1-6-23(30)28(3)17-20(18-29(4)24(31)7-2)38-14-12-10-8-9-11-13-37-19-15-21(26(32)33)25(27(34)35)22(16-19)36-5;1-5-23(29)27(3)17-20(18-28(4)24(30)6-2)36-15-11-9-7-8-10-14-35-19-12-13-21(25(31)32)22(16-19)26(33)34/h6-7,15-16,20H,1-2,8-14,17-18H2,3-5H3,(H,32,33)(H,34,35);5-6,12-13,16,20H,1-2,7-11,14-15,17-18H2,3-4H3,(H,31,32)(H,33,34). The molecule has 0 aliphatic heterocycles. The zero-order valence-corrected chi connectivity index (χ0v) is 43.3. The number of ether oxygens (including phenoxy) is 5. The quantitative estimate of drug-likeness (QED) is 0.0434. The number of nitrogens with zero attached hydrogens (tertiary/aromatic N) is 4. The van der Waals surface area contributed by atoms with Crippen LogP contribution in [0, 0.1) is 0 Å². The van der Waals surface area contributed by atoms with Crippen molar-refractivity contribution in [2.24, 2.45) is 0 Å². The minimum atomic E-state index is -1.39. The Hall–Kier alpha value is -7.52. The molecule has 0 spiro atoms. The van der Waals surface area contributed by atoms with Crippen molar-refractivity contribution in [3.8, 4) is 17.2 Å². The van der Waals surface area contributed by atoms with Gasteiger partial charge < -0.3 is 63.7 Å². The minimum absolute atomic E-state index is 0.0780. The van der Waals surface area contributed by atoms with Gasteiger partial charge in [-0.25, -0.2) is 19.2 Å². The van der Waals surface area contributed by atoms with E-state index in [-0.39, 0.29) is 58.5 Å². The van der Waals surface area contributed by atoms with Gasteiger partial charge in [0.05, 0.1) is 49.2 Å². The van der Waals surface area contributed by atoms with Crippen molar-refractivity contribution in [3.63, 3.8) is 0 Å². The summed E-state index contributed by atoms with van der Waals surface area (Å²) in [6, 6.07) is 6.44. The lowest BCUT2D eigenvalue weighted by Crippen LogP contribution is -2.42. The molecule has 0 aliphatic carbocycles. The topological polar surface area (TPSA) is 277 Å². The number of rotatable bonds is 37. The Labute approximate surface area is 433 Å². The molecule has 2 rings (SSSR count). The molecule has 408 valence electrons. The SMILES string of the molecule is C=CC(=O)N(C)CC(CN(C)C(=O)C=C)OCCCCCCCOc1cc(OC)c(C(=O)O)c(C(=O)O)c1.C=CC(=O)N(C)CC(CN(C)C(=O)C=C)OCCCCCCCOc1ccc(C(=O)O)c(C(=O)O)c1. The third kappa shape index (κ3) is 24.3. The molecule has 74 heavy (non-hydrogen) atoms. The smallest absolute Gasteiger partial charge is 0.340 e. The molecule has 0 unspecified atom stereocenters. The van der Waals surface area contributed by atoms with Crippen LogP contribution in [0.2, 0.25) is 0 Å². The van der Waals surface area contributed by atoms with Gasteiger partial charge in [0, 0.05) is 73.6 Å². The molecule has 0 aromatic heterocycles. The molecule has 0 saturated carbocycles. The van der Waals surface area contributed by atoms with Gasteiger partial charge in [0.15, 0.2) is 0 Å². The van der Waals surface area contributed by atoms with E-state index in [1.165, 1.54) is 81.3 Å². The van der Waals surface area contributed by atoms with Crippen LogP contribution in [0.25, 0.3) is 0 Å². The van der Waals surface area contributed by atoms with E-state index in [0.29, 0.717) is 58.4 Å². The van der Waals surface area contributed by atoms with E-state index < -0.39 is 35.0 Å². The summed E-state index contributed by atoms with van der Waals surface area (Å²) in [4.78, 5) is 98.4. The summed E-state index contributed by atoms with van der Waals surface area (Å²) in [5.74, 6) is -5.83. The van der Waals surface area contributed by atoms with Crippen LogP contribution in [0.1, 0.15) is 106 Å². The number of hydrogen-bond acceptors (Lipinski definition) is 13. The molecule has 21 heteroatoms. The molecule has 0 bridgehead atoms. The van der Waals surface area contributed by atoms with Gasteiger partial charge >= 0.3 is 23.9 Å². The number of carboxylic acids is 4. The van der Waals surface area contributed by atoms with Crippen molar-refractivity contribution in [1.82, 2.24) is 19.6 Å². The highest BCUT2D eigenvalue weighted by Crippen LogP contribution is 2.29. The first kappa shape index (κ1) is 64.5. The van der Waals surface area contributed by atoms with Gasteiger partial charge in [-0.05, 0) is 74.3 Å². The Morgan fingerprint density at radius 3 is 1.14 bits per heavy atom. The highest BCUT2D eigenvalue weighted by molar-refractivity contribution is 6.04. The molecular weight excluding hydrogens is 965 g/mol. The molecule has 0 aliphatic rings. The van der Waals surface area contributed by atoms with Crippen molar-refractivity contribution in [3.05, 3.63) is 103 Å². The van der Waals surface area contributed by atoms with Crippen molar-refractivity contribution < 1.29 is 82.5 Å². The lowest BCUT2D eigenvalue weighted by molar-refractivity contribution is -0.130. The molecule has 4 amide bonds. The number of aromatic carboxylic acids is 4. The molecule has 2 aromatic carbocycles. The second kappa shape index (κ2) is 35.6. The Bertz CT molecular complexity index is 2170. The largest absolute Gasteiger partial charge is 0.496 e. The predicted molar refractivity (Wildman–Crippen MR) is 275 cm³/mol. The Morgan fingerprint density at radius 1 is 0.459 bits per heavy atom. The molecule has 0 heterocycles. The lowest BCUT2D eigenvalue weighted by atomic mass is 10.1. The minimum Gasteiger partial charge on any atom is -0.496 e. The number of hydrogen-bond donors (Lipinski definition) is 4. The van der Waals surface area contributed by atoms with E-state index in [2.05, 4.69) is 26.3 Å². The number of carbonyl (C=O) groups excluding carboxylic acids is 4. The zero-order valence-electron chi connectivity index (χ0n) is 43.3. The van der Waals surface area contributed by atoms with Gasteiger partial charge in [0.25, 0.3) is 0 Å². The summed E-state index contributed by atoms with van der Waals surface area (Å²) < 4.78 is 28.1. The van der Waals surface area contributed by atoms with E-state index >= 15 is 0 Å². The van der Waals surface area contributed by atoms with E-state index in [1.807, 2.05) is 0 Å². The highest BCUT2D eigenvalue weighted by atomic mass is 16.5. The monoisotopic (exact) mass is 1040 g/mol. The summed E-state index contributed by atoms with van der Waals surface area (Å²) >= 11 is 0. The maximum absolute atomic E-state index is 11.8. The van der Waals surface area contributed by atoms with Crippen LogP contribution in [-0.2, 0) is 28.7 Å². The summed E-state index contributed by atoms with van der Waals surface area (Å²) in [5.41, 5.74) is -1.41. The van der Waals surface area contributed by atoms with E-state index in [0.717, 1.165) is 64.2 Å². The van der Waals surface area contributed by atoms with Gasteiger partial charge in [0.1, 0.15) is 22.8 Å². The third-order valence-corrected chi connectivity index (χ3v) is 11.1. The maximum Gasteiger partial charge on any atom is 0.340 e. The van der Waals surface area contributed by atoms with E-state index in [4.69, 9.17) is 28.8 Å². The highest BCUT2D eigenvalue weighted by Gasteiger charge is 2.24. The van der Waals surface area contributed by atoms with Gasteiger partial charge in [-0.15, -0.1) is 0 Å². The van der Waals surface area contributed by atoms with E-state index in [1.54, 1.807) is 28.2 Å². The number of likely N-dealkylation sites (N-methyl/N-ethyl adjacent to an activating group) is 4. The average molecular weight is 1040 g/mol. The van der Waals surface area contributed by atoms with Gasteiger partial charge in [0.2, 0.25) is 23.6 Å². The fourth-order valence-corrected chi connectivity index (χ4v) is 7.08. The molecule has 0 atom stereocenters. The Morgan fingerprint density at radius 2 is 0.797 bits per heavy atom. The molecule has 21 nitrogen and oxygen atoms in total. The van der Waals surface area contributed by atoms with Gasteiger partial charge in [-0.3, -0.25) is 19.2 Å². The summed E-state index contributed by atoms with van der Waals surface area (Å²) in [5, 5.41) is 36.9. The molecule has 0 radical (unpaired) electrons. The molecule has 2 aromatic rings. The van der Waals surface area contributed by atoms with Crippen molar-refractivity contribution in [2.75, 3.05) is 87.9 Å². The first-order chi connectivity index (χ1) is 35.1. The van der Waals surface area contributed by atoms with Crippen molar-refractivity contribution in [2.45, 2.75) is 76.4 Å². The zero-order chi connectivity index (χ0) is 55.8. The first-order valence-electron chi connectivity index (χ1n) is 23.9. The normalized spacial score (nSPS) is 10.5. The van der Waals surface area contributed by atoms with E-state index in [9.17, 15) is 53.7 Å². The van der Waals surface area contributed by atoms with Crippen LogP contribution in [0.5, 0.6) is 17.2 Å². The maximum atomic E-state index is 11.8. The van der Waals surface area contributed by atoms with Crippen LogP contribution in [0.3, 0.4) is 0 Å². The molecule has 0 fully saturated rings. The van der Waals surface area contributed by atoms with Crippen LogP contribution >= 0.6 is 0 Å². The summed E-state index contributed by atoms with van der Waals surface area (Å²) in [7, 11) is 7.87. The summed E-state index contributed by atoms with van der Waals surface area (Å²) in [6.45, 7) is 16.9. The lowest BCUT2D eigenvalue weighted by Gasteiger charge is -2.27. The molecular formula is C53H74N4O17. The Balaban J connectivity index is 0.000000741. The fraction of sp³-hybridized carbons (Fsp3) is 0.472. The van der Waals surface area contributed by atoms with Gasteiger partial charge in [-0.1, -0.05) is 64.8 Å². The predicted octanol–water partition coefficient (Wildman–Crippen LogP) is 6.18. The van der Waals surface area contributed by atoms with Crippen LogP contribution in [0.15, 0.2) is 81.0 Å². The van der Waals surface area contributed by atoms with Gasteiger partial charge in [-0.2, -0.15) is 0 Å². The Kier molecular flexibility index (Phi) is 31.0. The first-order valence-corrected chi connectivity index (χ1v) is 23.9. The average Bonchev–Trinajstić information content (AvgIpc) is 3.37. The molecule has 4 N–H and O–H groups in total.